The standard InChI is InChI=1S/C17H14ClN3O2S2/c1-23-12-8-4-3-7-11(12)19-17(24)21-20-16(22)15-14(18)10-6-2-5-9-13(10)25-15/h2-9H,1H3,(H,20,22)(H2,19,21,24). The molecule has 0 radical (unpaired) electrons. The van der Waals surface area contributed by atoms with E-state index >= 15 is 0 Å². The number of para-hydroxylation sites is 2. The molecule has 128 valence electrons. The Labute approximate surface area is 158 Å². The van der Waals surface area contributed by atoms with Crippen LogP contribution in [0.15, 0.2) is 48.5 Å². The van der Waals surface area contributed by atoms with Crippen LogP contribution in [0.1, 0.15) is 9.67 Å². The summed E-state index contributed by atoms with van der Waals surface area (Å²) in [6, 6.07) is 14.9. The number of rotatable bonds is 3. The van der Waals surface area contributed by atoms with Crippen molar-refractivity contribution in [2.75, 3.05) is 12.4 Å². The van der Waals surface area contributed by atoms with Crippen LogP contribution >= 0.6 is 35.2 Å². The van der Waals surface area contributed by atoms with Gasteiger partial charge in [0.2, 0.25) is 0 Å². The average molecular weight is 392 g/mol. The van der Waals surface area contributed by atoms with Gasteiger partial charge in [0.25, 0.3) is 5.91 Å². The van der Waals surface area contributed by atoms with Gasteiger partial charge in [-0.1, -0.05) is 41.9 Å². The zero-order valence-corrected chi connectivity index (χ0v) is 15.5. The molecule has 0 saturated carbocycles. The second-order valence-corrected chi connectivity index (χ2v) is 6.81. The zero-order valence-electron chi connectivity index (χ0n) is 13.1. The third-order valence-electron chi connectivity index (χ3n) is 3.39. The van der Waals surface area contributed by atoms with Crippen molar-refractivity contribution < 1.29 is 9.53 Å². The number of hydrogen-bond acceptors (Lipinski definition) is 4. The van der Waals surface area contributed by atoms with Crippen LogP contribution in [0.25, 0.3) is 10.1 Å². The molecule has 0 atom stereocenters. The van der Waals surface area contributed by atoms with Gasteiger partial charge in [0.1, 0.15) is 10.6 Å². The molecule has 0 unspecified atom stereocenters. The molecule has 0 aliphatic rings. The van der Waals surface area contributed by atoms with Crippen molar-refractivity contribution in [3.8, 4) is 5.75 Å². The summed E-state index contributed by atoms with van der Waals surface area (Å²) in [6.45, 7) is 0. The first-order valence-corrected chi connectivity index (χ1v) is 8.88. The van der Waals surface area contributed by atoms with Crippen LogP contribution in [0.4, 0.5) is 5.69 Å². The second kappa shape index (κ2) is 7.69. The summed E-state index contributed by atoms with van der Waals surface area (Å²) >= 11 is 12.8. The largest absolute Gasteiger partial charge is 0.495 e. The molecule has 0 fully saturated rings. The number of halogens is 1. The number of thiocarbonyl (C=S) groups is 1. The van der Waals surface area contributed by atoms with Crippen molar-refractivity contribution in [2.45, 2.75) is 0 Å². The first-order valence-electron chi connectivity index (χ1n) is 7.27. The molecule has 3 N–H and O–H groups in total. The lowest BCUT2D eigenvalue weighted by atomic mass is 10.2. The van der Waals surface area contributed by atoms with Crippen LogP contribution in [0.2, 0.25) is 5.02 Å². The molecule has 0 aliphatic heterocycles. The minimum atomic E-state index is -0.352. The third kappa shape index (κ3) is 3.84. The van der Waals surface area contributed by atoms with Gasteiger partial charge in [0, 0.05) is 10.1 Å². The molecular formula is C17H14ClN3O2S2. The topological polar surface area (TPSA) is 62.4 Å². The Kier molecular flexibility index (Phi) is 5.37. The van der Waals surface area contributed by atoms with E-state index in [2.05, 4.69) is 16.2 Å². The molecule has 8 heteroatoms. The fraction of sp³-hybridized carbons (Fsp3) is 0.0588. The SMILES string of the molecule is COc1ccccc1NC(=S)NNC(=O)c1sc2ccccc2c1Cl. The number of amides is 1. The van der Waals surface area contributed by atoms with Gasteiger partial charge in [0.15, 0.2) is 5.11 Å². The van der Waals surface area contributed by atoms with Crippen molar-refractivity contribution in [3.05, 3.63) is 58.4 Å². The number of methoxy groups -OCH3 is 1. The van der Waals surface area contributed by atoms with Gasteiger partial charge in [-0.05, 0) is 30.4 Å². The third-order valence-corrected chi connectivity index (χ3v) is 5.26. The molecule has 25 heavy (non-hydrogen) atoms. The Hall–Kier alpha value is -2.35. The van der Waals surface area contributed by atoms with Crippen LogP contribution in [0.3, 0.4) is 0 Å². The summed E-state index contributed by atoms with van der Waals surface area (Å²) in [4.78, 5) is 12.8. The number of carbonyl (C=O) groups excluding carboxylic acids is 1. The predicted octanol–water partition coefficient (Wildman–Crippen LogP) is 4.19. The summed E-state index contributed by atoms with van der Waals surface area (Å²) in [7, 11) is 1.57. The number of anilines is 1. The van der Waals surface area contributed by atoms with Crippen LogP contribution < -0.4 is 20.9 Å². The molecule has 1 amide bonds. The number of hydrazine groups is 1. The van der Waals surface area contributed by atoms with E-state index in [4.69, 9.17) is 28.6 Å². The lowest BCUT2D eigenvalue weighted by Crippen LogP contribution is -2.43. The maximum atomic E-state index is 12.4. The lowest BCUT2D eigenvalue weighted by molar-refractivity contribution is 0.0948. The van der Waals surface area contributed by atoms with Crippen LogP contribution in [0.5, 0.6) is 5.75 Å². The highest BCUT2D eigenvalue weighted by atomic mass is 35.5. The van der Waals surface area contributed by atoms with Crippen molar-refractivity contribution in [3.63, 3.8) is 0 Å². The number of fused-ring (bicyclic) bond motifs is 1. The summed E-state index contributed by atoms with van der Waals surface area (Å²) in [5, 5.41) is 4.48. The fourth-order valence-electron chi connectivity index (χ4n) is 2.23. The Morgan fingerprint density at radius 2 is 1.84 bits per heavy atom. The van der Waals surface area contributed by atoms with E-state index in [0.717, 1.165) is 10.1 Å². The fourth-order valence-corrected chi connectivity index (χ4v) is 3.81. The number of thiophene rings is 1. The Morgan fingerprint density at radius 1 is 1.12 bits per heavy atom. The molecule has 0 spiro atoms. The van der Waals surface area contributed by atoms with Gasteiger partial charge in [0.05, 0.1) is 17.8 Å². The van der Waals surface area contributed by atoms with Crippen molar-refractivity contribution in [1.82, 2.24) is 10.9 Å². The minimum Gasteiger partial charge on any atom is -0.495 e. The molecule has 0 bridgehead atoms. The van der Waals surface area contributed by atoms with Crippen LogP contribution in [0, 0.1) is 0 Å². The van der Waals surface area contributed by atoms with E-state index in [1.54, 1.807) is 13.2 Å². The van der Waals surface area contributed by atoms with Gasteiger partial charge < -0.3 is 10.1 Å². The van der Waals surface area contributed by atoms with E-state index < -0.39 is 0 Å². The van der Waals surface area contributed by atoms with E-state index in [1.165, 1.54) is 11.3 Å². The molecule has 5 nitrogen and oxygen atoms in total. The van der Waals surface area contributed by atoms with E-state index in [9.17, 15) is 4.79 Å². The molecule has 2 aromatic carbocycles. The Balaban J connectivity index is 1.65. The number of hydrogen-bond donors (Lipinski definition) is 3. The highest BCUT2D eigenvalue weighted by Crippen LogP contribution is 2.34. The second-order valence-electron chi connectivity index (χ2n) is 4.97. The van der Waals surface area contributed by atoms with Crippen LogP contribution in [-0.4, -0.2) is 18.1 Å². The summed E-state index contributed by atoms with van der Waals surface area (Å²) < 4.78 is 6.19. The van der Waals surface area contributed by atoms with E-state index in [1.807, 2.05) is 42.5 Å². The zero-order chi connectivity index (χ0) is 17.8. The first kappa shape index (κ1) is 17.5. The molecule has 3 aromatic rings. The van der Waals surface area contributed by atoms with Crippen molar-refractivity contribution in [1.29, 1.82) is 0 Å². The lowest BCUT2D eigenvalue weighted by Gasteiger charge is -2.13. The van der Waals surface area contributed by atoms with E-state index in [0.29, 0.717) is 21.3 Å². The highest BCUT2D eigenvalue weighted by molar-refractivity contribution is 7.80. The Morgan fingerprint density at radius 3 is 2.60 bits per heavy atom. The monoisotopic (exact) mass is 391 g/mol. The summed E-state index contributed by atoms with van der Waals surface area (Å²) in [6.07, 6.45) is 0. The molecule has 1 heterocycles. The number of nitrogens with one attached hydrogen (secondary N) is 3. The average Bonchev–Trinajstić information content (AvgIpc) is 2.97. The van der Waals surface area contributed by atoms with E-state index in [-0.39, 0.29) is 11.0 Å². The van der Waals surface area contributed by atoms with Gasteiger partial charge in [-0.15, -0.1) is 11.3 Å². The molecule has 3 rings (SSSR count). The maximum absolute atomic E-state index is 12.4. The normalized spacial score (nSPS) is 10.3. The summed E-state index contributed by atoms with van der Waals surface area (Å²) in [5.74, 6) is 0.293. The summed E-state index contributed by atoms with van der Waals surface area (Å²) in [5.41, 5.74) is 5.91. The Bertz CT molecular complexity index is 943. The predicted molar refractivity (Wildman–Crippen MR) is 107 cm³/mol. The first-order chi connectivity index (χ1) is 12.1. The minimum absolute atomic E-state index is 0.232. The smallest absolute Gasteiger partial charge is 0.281 e. The molecule has 1 aromatic heterocycles. The van der Waals surface area contributed by atoms with Crippen LogP contribution in [-0.2, 0) is 0 Å². The van der Waals surface area contributed by atoms with Crippen molar-refractivity contribution in [2.24, 2.45) is 0 Å². The maximum Gasteiger partial charge on any atom is 0.281 e. The number of ether oxygens (including phenoxy) is 1. The molecule has 0 saturated heterocycles. The van der Waals surface area contributed by atoms with Gasteiger partial charge in [-0.3, -0.25) is 15.6 Å². The quantitative estimate of drug-likeness (QED) is 0.461. The van der Waals surface area contributed by atoms with Crippen molar-refractivity contribution >= 4 is 61.9 Å². The van der Waals surface area contributed by atoms with Gasteiger partial charge in [-0.25, -0.2) is 0 Å². The highest BCUT2D eigenvalue weighted by Gasteiger charge is 2.17. The number of carbonyl (C=O) groups is 1. The number of benzene rings is 2. The molecular weight excluding hydrogens is 378 g/mol. The van der Waals surface area contributed by atoms with Gasteiger partial charge >= 0.3 is 0 Å². The van der Waals surface area contributed by atoms with Gasteiger partial charge in [-0.2, -0.15) is 0 Å². The molecule has 0 aliphatic carbocycles.